The predicted octanol–water partition coefficient (Wildman–Crippen LogP) is 2.19. The Bertz CT molecular complexity index is 809. The maximum Gasteiger partial charge on any atom is 0.344 e. The van der Waals surface area contributed by atoms with Gasteiger partial charge in [0.05, 0.1) is 12.8 Å². The molecule has 2 aromatic carbocycles. The van der Waals surface area contributed by atoms with Gasteiger partial charge in [-0.1, -0.05) is 48.5 Å². The number of esters is 1. The first-order valence-electron chi connectivity index (χ1n) is 6.97. The van der Waals surface area contributed by atoms with Crippen molar-refractivity contribution < 1.29 is 19.1 Å². The SMILES string of the molecule is COC(=O)C1=C(c2ccccc2)N(c2ccccc2)C(=O)C1=O. The molecule has 3 rings (SSSR count). The number of Topliss-reactive ketones (excluding diaryl/α,β-unsaturated/α-hetero) is 1. The van der Waals surface area contributed by atoms with Gasteiger partial charge in [-0.25, -0.2) is 4.79 Å². The number of hydrogen-bond acceptors (Lipinski definition) is 4. The monoisotopic (exact) mass is 307 g/mol. The zero-order valence-corrected chi connectivity index (χ0v) is 12.4. The molecule has 1 aliphatic heterocycles. The van der Waals surface area contributed by atoms with Gasteiger partial charge >= 0.3 is 11.9 Å². The molecule has 0 fully saturated rings. The van der Waals surface area contributed by atoms with Crippen molar-refractivity contribution in [3.8, 4) is 0 Å². The molecule has 0 unspecified atom stereocenters. The molecule has 0 radical (unpaired) electrons. The lowest BCUT2D eigenvalue weighted by atomic mass is 10.1. The predicted molar refractivity (Wildman–Crippen MR) is 84.3 cm³/mol. The van der Waals surface area contributed by atoms with E-state index in [4.69, 9.17) is 4.74 Å². The standard InChI is InChI=1S/C18H13NO4/c1-23-18(22)14-15(12-8-4-2-5-9-12)19(17(21)16(14)20)13-10-6-3-7-11-13/h2-11H,1H3. The number of amides is 1. The Morgan fingerprint density at radius 1 is 0.913 bits per heavy atom. The number of nitrogens with zero attached hydrogens (tertiary/aromatic N) is 1. The largest absolute Gasteiger partial charge is 0.465 e. The molecule has 1 heterocycles. The fourth-order valence-electron chi connectivity index (χ4n) is 2.51. The number of hydrogen-bond donors (Lipinski definition) is 0. The van der Waals surface area contributed by atoms with E-state index in [9.17, 15) is 14.4 Å². The molecule has 0 spiro atoms. The highest BCUT2D eigenvalue weighted by molar-refractivity contribution is 6.59. The van der Waals surface area contributed by atoms with Crippen molar-refractivity contribution in [2.24, 2.45) is 0 Å². The van der Waals surface area contributed by atoms with Gasteiger partial charge in [-0.15, -0.1) is 0 Å². The number of carbonyl (C=O) groups is 3. The number of methoxy groups -OCH3 is 1. The summed E-state index contributed by atoms with van der Waals surface area (Å²) in [5, 5.41) is 0. The lowest BCUT2D eigenvalue weighted by Gasteiger charge is -2.20. The molecular formula is C18H13NO4. The van der Waals surface area contributed by atoms with Gasteiger partial charge in [-0.05, 0) is 17.7 Å². The highest BCUT2D eigenvalue weighted by atomic mass is 16.5. The topological polar surface area (TPSA) is 63.7 Å². The Kier molecular flexibility index (Phi) is 3.76. The molecule has 0 saturated heterocycles. The minimum Gasteiger partial charge on any atom is -0.465 e. The third-order valence-corrected chi connectivity index (χ3v) is 3.54. The van der Waals surface area contributed by atoms with Crippen LogP contribution in [0.25, 0.3) is 5.70 Å². The average molecular weight is 307 g/mol. The minimum atomic E-state index is -0.862. The van der Waals surface area contributed by atoms with Crippen molar-refractivity contribution in [1.29, 1.82) is 0 Å². The third-order valence-electron chi connectivity index (χ3n) is 3.54. The molecular weight excluding hydrogens is 294 g/mol. The Balaban J connectivity index is 2.26. The van der Waals surface area contributed by atoms with Crippen LogP contribution in [0.2, 0.25) is 0 Å². The number of benzene rings is 2. The van der Waals surface area contributed by atoms with Crippen molar-refractivity contribution >= 4 is 29.0 Å². The van der Waals surface area contributed by atoms with Gasteiger partial charge in [0.15, 0.2) is 0 Å². The zero-order valence-electron chi connectivity index (χ0n) is 12.4. The summed E-state index contributed by atoms with van der Waals surface area (Å²) in [7, 11) is 1.18. The molecule has 0 bridgehead atoms. The van der Waals surface area contributed by atoms with Crippen LogP contribution in [-0.4, -0.2) is 24.8 Å². The van der Waals surface area contributed by atoms with Crippen LogP contribution in [0, 0.1) is 0 Å². The van der Waals surface area contributed by atoms with E-state index < -0.39 is 17.7 Å². The molecule has 2 aromatic rings. The first-order valence-corrected chi connectivity index (χ1v) is 6.97. The molecule has 5 heteroatoms. The van der Waals surface area contributed by atoms with E-state index in [2.05, 4.69) is 0 Å². The number of ether oxygens (including phenoxy) is 1. The highest BCUT2D eigenvalue weighted by Crippen LogP contribution is 2.35. The van der Waals surface area contributed by atoms with E-state index >= 15 is 0 Å². The fourth-order valence-corrected chi connectivity index (χ4v) is 2.51. The molecule has 0 atom stereocenters. The molecule has 5 nitrogen and oxygen atoms in total. The Labute approximate surface area is 132 Å². The van der Waals surface area contributed by atoms with Crippen molar-refractivity contribution in [3.63, 3.8) is 0 Å². The van der Waals surface area contributed by atoms with E-state index in [1.807, 2.05) is 6.07 Å². The van der Waals surface area contributed by atoms with Crippen LogP contribution in [-0.2, 0) is 19.1 Å². The number of ketones is 1. The number of anilines is 1. The quantitative estimate of drug-likeness (QED) is 0.495. The van der Waals surface area contributed by atoms with Gasteiger partial charge in [0, 0.05) is 5.69 Å². The van der Waals surface area contributed by atoms with Gasteiger partial charge in [-0.2, -0.15) is 0 Å². The van der Waals surface area contributed by atoms with Crippen molar-refractivity contribution in [3.05, 3.63) is 71.8 Å². The first-order chi connectivity index (χ1) is 11.1. The summed E-state index contributed by atoms with van der Waals surface area (Å²) in [6, 6.07) is 17.5. The number of carbonyl (C=O) groups excluding carboxylic acids is 3. The van der Waals surface area contributed by atoms with Crippen molar-refractivity contribution in [1.82, 2.24) is 0 Å². The van der Waals surface area contributed by atoms with E-state index in [1.54, 1.807) is 54.6 Å². The maximum atomic E-state index is 12.4. The summed E-state index contributed by atoms with van der Waals surface area (Å²) in [6.07, 6.45) is 0. The molecule has 0 N–H and O–H groups in total. The van der Waals surface area contributed by atoms with E-state index in [-0.39, 0.29) is 11.3 Å². The van der Waals surface area contributed by atoms with Gasteiger partial charge < -0.3 is 4.74 Å². The van der Waals surface area contributed by atoms with E-state index in [1.165, 1.54) is 12.0 Å². The summed E-state index contributed by atoms with van der Waals surface area (Å²) in [5.41, 5.74) is 1.12. The molecule has 1 amide bonds. The summed E-state index contributed by atoms with van der Waals surface area (Å²) < 4.78 is 4.69. The summed E-state index contributed by atoms with van der Waals surface area (Å²) in [4.78, 5) is 38.1. The lowest BCUT2D eigenvalue weighted by molar-refractivity contribution is -0.140. The Morgan fingerprint density at radius 2 is 1.48 bits per heavy atom. The summed E-state index contributed by atoms with van der Waals surface area (Å²) in [5.74, 6) is -2.45. The Hall–Kier alpha value is -3.21. The van der Waals surface area contributed by atoms with Crippen LogP contribution in [0.4, 0.5) is 5.69 Å². The second kappa shape index (κ2) is 5.88. The molecule has 23 heavy (non-hydrogen) atoms. The number of rotatable bonds is 3. The Morgan fingerprint density at radius 3 is 2.04 bits per heavy atom. The minimum absolute atomic E-state index is 0.243. The van der Waals surface area contributed by atoms with Crippen LogP contribution >= 0.6 is 0 Å². The number of para-hydroxylation sites is 1. The van der Waals surface area contributed by atoms with Crippen LogP contribution < -0.4 is 4.90 Å². The summed E-state index contributed by atoms with van der Waals surface area (Å²) >= 11 is 0. The summed E-state index contributed by atoms with van der Waals surface area (Å²) in [6.45, 7) is 0. The highest BCUT2D eigenvalue weighted by Gasteiger charge is 2.43. The third kappa shape index (κ3) is 2.42. The molecule has 0 saturated carbocycles. The first kappa shape index (κ1) is 14.7. The second-order valence-corrected chi connectivity index (χ2v) is 4.89. The van der Waals surface area contributed by atoms with Gasteiger partial charge in [0.1, 0.15) is 5.57 Å². The molecule has 0 aromatic heterocycles. The van der Waals surface area contributed by atoms with E-state index in [0.29, 0.717) is 11.3 Å². The van der Waals surface area contributed by atoms with Crippen molar-refractivity contribution in [2.45, 2.75) is 0 Å². The normalized spacial score (nSPS) is 14.4. The average Bonchev–Trinajstić information content (AvgIpc) is 2.87. The lowest BCUT2D eigenvalue weighted by Crippen LogP contribution is -2.28. The van der Waals surface area contributed by atoms with Gasteiger partial charge in [0.2, 0.25) is 0 Å². The van der Waals surface area contributed by atoms with E-state index in [0.717, 1.165) is 0 Å². The van der Waals surface area contributed by atoms with Gasteiger partial charge in [0.25, 0.3) is 5.78 Å². The van der Waals surface area contributed by atoms with Crippen molar-refractivity contribution in [2.75, 3.05) is 12.0 Å². The smallest absolute Gasteiger partial charge is 0.344 e. The van der Waals surface area contributed by atoms with Crippen LogP contribution in [0.1, 0.15) is 5.56 Å². The zero-order chi connectivity index (χ0) is 16.4. The maximum absolute atomic E-state index is 12.4. The van der Waals surface area contributed by atoms with Crippen LogP contribution in [0.3, 0.4) is 0 Å². The van der Waals surface area contributed by atoms with Crippen LogP contribution in [0.5, 0.6) is 0 Å². The molecule has 0 aliphatic carbocycles. The fraction of sp³-hybridized carbons (Fsp3) is 0.0556. The molecule has 1 aliphatic rings. The van der Waals surface area contributed by atoms with Crippen LogP contribution in [0.15, 0.2) is 66.2 Å². The second-order valence-electron chi connectivity index (χ2n) is 4.89. The molecule has 114 valence electrons. The van der Waals surface area contributed by atoms with Gasteiger partial charge in [-0.3, -0.25) is 14.5 Å².